The van der Waals surface area contributed by atoms with E-state index in [-0.39, 0.29) is 11.1 Å². The Bertz CT molecular complexity index is 831. The van der Waals surface area contributed by atoms with Gasteiger partial charge in [-0.15, -0.1) is 0 Å². The van der Waals surface area contributed by atoms with Gasteiger partial charge in [0.25, 0.3) is 0 Å². The van der Waals surface area contributed by atoms with E-state index in [0.717, 1.165) is 18.2 Å². The Morgan fingerprint density at radius 3 is 2.77 bits per heavy atom. The quantitative estimate of drug-likeness (QED) is 0.602. The van der Waals surface area contributed by atoms with Gasteiger partial charge in [0, 0.05) is 0 Å². The summed E-state index contributed by atoms with van der Waals surface area (Å²) in [6, 6.07) is 6.41. The number of carbonyl (C=O) groups excluding carboxylic acids is 2. The average Bonchev–Trinajstić information content (AvgIpc) is 3.04. The van der Waals surface area contributed by atoms with Gasteiger partial charge >= 0.3 is 141 Å². The van der Waals surface area contributed by atoms with Crippen molar-refractivity contribution in [3.63, 3.8) is 0 Å². The molecule has 0 aliphatic carbocycles. The van der Waals surface area contributed by atoms with Crippen molar-refractivity contribution in [3.05, 3.63) is 49.2 Å². The van der Waals surface area contributed by atoms with Gasteiger partial charge in [0.05, 0.1) is 0 Å². The second-order valence-corrected chi connectivity index (χ2v) is 15.0. The van der Waals surface area contributed by atoms with Crippen LogP contribution < -0.4 is 8.64 Å². The monoisotopic (exact) mass is 411 g/mol. The van der Waals surface area contributed by atoms with Crippen LogP contribution in [0.3, 0.4) is 0 Å². The van der Waals surface area contributed by atoms with Gasteiger partial charge in [0.15, 0.2) is 0 Å². The number of allylic oxidation sites excluding steroid dienone is 3. The molecule has 1 aromatic carbocycles. The zero-order valence-corrected chi connectivity index (χ0v) is 16.5. The molecule has 108 valence electrons. The Morgan fingerprint density at radius 2 is 2.14 bits per heavy atom. The van der Waals surface area contributed by atoms with E-state index in [4.69, 9.17) is 0 Å². The third-order valence-corrected chi connectivity index (χ3v) is 15.7. The van der Waals surface area contributed by atoms with E-state index in [1.54, 1.807) is 0 Å². The van der Waals surface area contributed by atoms with E-state index in [1.165, 1.54) is 26.7 Å². The predicted molar refractivity (Wildman–Crippen MR) is 91.9 cm³/mol. The molecule has 3 aliphatic heterocycles. The van der Waals surface area contributed by atoms with Crippen LogP contribution in [-0.2, 0) is 4.79 Å². The zero-order chi connectivity index (χ0) is 15.4. The van der Waals surface area contributed by atoms with Crippen LogP contribution in [0.15, 0.2) is 38.1 Å². The molecule has 3 heterocycles. The molecule has 0 saturated carbocycles. The Labute approximate surface area is 141 Å². The van der Waals surface area contributed by atoms with Gasteiger partial charge in [0.1, 0.15) is 0 Å². The summed E-state index contributed by atoms with van der Waals surface area (Å²) >= 11 is -1.28. The first-order chi connectivity index (χ1) is 10.6. The number of amides is 2. The molecule has 1 saturated heterocycles. The van der Waals surface area contributed by atoms with Crippen LogP contribution in [0.1, 0.15) is 31.4 Å². The molecular formula is C17H14InNO2S. The van der Waals surface area contributed by atoms with Gasteiger partial charge in [-0.3, -0.25) is 0 Å². The van der Waals surface area contributed by atoms with Gasteiger partial charge < -0.3 is 0 Å². The standard InChI is InChI=1S/C17H14NO2S.In/c1-12(2)7-3-4-8-13-9-5-6-10-14(13)11-15-16(19)18-17(20)21-15;/h5-8,10H,3H2,1-2H3,(H,18,19,20);. The van der Waals surface area contributed by atoms with E-state index in [0.29, 0.717) is 4.91 Å². The van der Waals surface area contributed by atoms with E-state index < -0.39 is 21.4 Å². The number of benzene rings is 1. The van der Waals surface area contributed by atoms with Crippen molar-refractivity contribution in [1.82, 2.24) is 5.32 Å². The molecule has 2 amide bonds. The van der Waals surface area contributed by atoms with Crippen LogP contribution >= 0.6 is 11.8 Å². The number of hydrogen-bond acceptors (Lipinski definition) is 3. The molecule has 22 heavy (non-hydrogen) atoms. The first-order valence-electron chi connectivity index (χ1n) is 7.30. The number of rotatable bonds is 2. The Morgan fingerprint density at radius 1 is 1.32 bits per heavy atom. The number of thioether (sulfide) groups is 1. The molecular weight excluding hydrogens is 397 g/mol. The molecule has 0 unspecified atom stereocenters. The van der Waals surface area contributed by atoms with E-state index in [2.05, 4.69) is 49.5 Å². The van der Waals surface area contributed by atoms with Crippen molar-refractivity contribution in [1.29, 1.82) is 0 Å². The molecule has 1 fully saturated rings. The van der Waals surface area contributed by atoms with Crippen molar-refractivity contribution >= 4 is 57.1 Å². The van der Waals surface area contributed by atoms with Crippen molar-refractivity contribution in [2.75, 3.05) is 0 Å². The van der Waals surface area contributed by atoms with Crippen LogP contribution in [0.2, 0.25) is 0 Å². The Kier molecular flexibility index (Phi) is 3.38. The van der Waals surface area contributed by atoms with Crippen LogP contribution in [0.4, 0.5) is 4.79 Å². The van der Waals surface area contributed by atoms with E-state index in [1.807, 2.05) is 0 Å². The number of imide groups is 1. The average molecular weight is 411 g/mol. The molecule has 1 aromatic rings. The van der Waals surface area contributed by atoms with Gasteiger partial charge in [-0.25, -0.2) is 0 Å². The molecule has 4 rings (SSSR count). The number of nitrogens with one attached hydrogen (secondary N) is 1. The number of carbonyl (C=O) groups is 2. The Balaban J connectivity index is 1.85. The summed E-state index contributed by atoms with van der Waals surface area (Å²) in [6.45, 7) is 4.23. The van der Waals surface area contributed by atoms with Gasteiger partial charge in [0.2, 0.25) is 0 Å². The van der Waals surface area contributed by atoms with Crippen LogP contribution in [0.25, 0.3) is 9.41 Å². The Hall–Kier alpha value is -1.20. The molecule has 5 heteroatoms. The summed E-state index contributed by atoms with van der Waals surface area (Å²) in [5, 5.41) is 2.17. The van der Waals surface area contributed by atoms with Crippen LogP contribution in [-0.4, -0.2) is 32.6 Å². The maximum absolute atomic E-state index is 12.1. The summed E-state index contributed by atoms with van der Waals surface area (Å²) in [7, 11) is 0. The molecule has 3 nitrogen and oxygen atoms in total. The second kappa shape index (κ2) is 5.17. The van der Waals surface area contributed by atoms with E-state index >= 15 is 0 Å². The van der Waals surface area contributed by atoms with Crippen molar-refractivity contribution in [3.8, 4) is 0 Å². The van der Waals surface area contributed by atoms with Crippen molar-refractivity contribution in [2.24, 2.45) is 0 Å². The summed E-state index contributed by atoms with van der Waals surface area (Å²) in [5.74, 6) is -0.205. The summed E-state index contributed by atoms with van der Waals surface area (Å²) < 4.78 is 4.23. The summed E-state index contributed by atoms with van der Waals surface area (Å²) in [5.41, 5.74) is 3.84. The topological polar surface area (TPSA) is 46.2 Å². The zero-order valence-electron chi connectivity index (χ0n) is 12.4. The van der Waals surface area contributed by atoms with Gasteiger partial charge in [-0.1, -0.05) is 0 Å². The molecule has 0 spiro atoms. The number of hydrogen-bond donors (Lipinski definition) is 1. The fraction of sp³-hybridized carbons (Fsp3) is 0.176. The van der Waals surface area contributed by atoms with E-state index in [9.17, 15) is 9.59 Å². The molecule has 4 bridgehead atoms. The third kappa shape index (κ3) is 2.06. The summed E-state index contributed by atoms with van der Waals surface area (Å²) in [4.78, 5) is 24.4. The van der Waals surface area contributed by atoms with Gasteiger partial charge in [-0.2, -0.15) is 0 Å². The fourth-order valence-electron chi connectivity index (χ4n) is 3.44. The first-order valence-corrected chi connectivity index (χ1v) is 13.1. The minimum absolute atomic E-state index is 0.205. The SMILES string of the molecule is CC(C)=CC[C]1=Cc2c3ccc[c]2[In]1/[C]3=C1\SC(=O)NC1=O. The summed E-state index contributed by atoms with van der Waals surface area (Å²) in [6.07, 6.45) is 5.59. The third-order valence-electron chi connectivity index (χ3n) is 4.34. The maximum atomic E-state index is 12.1. The normalized spacial score (nSPS) is 21.4. The minimum atomic E-state index is -2.36. The fourth-order valence-corrected chi connectivity index (χ4v) is 15.6. The van der Waals surface area contributed by atoms with Crippen molar-refractivity contribution in [2.45, 2.75) is 20.3 Å². The van der Waals surface area contributed by atoms with Crippen LogP contribution in [0.5, 0.6) is 0 Å². The molecule has 0 atom stereocenters. The molecule has 1 N–H and O–H groups in total. The predicted octanol–water partition coefficient (Wildman–Crippen LogP) is 2.93. The molecule has 0 radical (unpaired) electrons. The second-order valence-electron chi connectivity index (χ2n) is 6.03. The molecule has 3 aliphatic rings. The van der Waals surface area contributed by atoms with Gasteiger partial charge in [-0.05, 0) is 0 Å². The molecule has 0 aromatic heterocycles. The first kappa shape index (κ1) is 14.4. The van der Waals surface area contributed by atoms with Crippen molar-refractivity contribution < 1.29 is 9.59 Å². The van der Waals surface area contributed by atoms with Crippen LogP contribution in [0, 0.1) is 0 Å².